The van der Waals surface area contributed by atoms with Crippen LogP contribution in [0.1, 0.15) is 44.0 Å². The first-order valence-electron chi connectivity index (χ1n) is 11.1. The fraction of sp³-hybridized carbons (Fsp3) is 0.565. The van der Waals surface area contributed by atoms with Gasteiger partial charge in [-0.1, -0.05) is 0 Å². The number of amides is 4. The molecule has 0 bridgehead atoms. The van der Waals surface area contributed by atoms with Gasteiger partial charge in [0, 0.05) is 51.3 Å². The third-order valence-electron chi connectivity index (χ3n) is 5.48. The Labute approximate surface area is 193 Å². The van der Waals surface area contributed by atoms with Crippen molar-refractivity contribution in [2.24, 2.45) is 0 Å². The summed E-state index contributed by atoms with van der Waals surface area (Å²) >= 11 is 0. The lowest BCUT2D eigenvalue weighted by Crippen LogP contribution is -2.50. The second-order valence-electron chi connectivity index (χ2n) is 9.11. The minimum atomic E-state index is -0.534. The summed E-state index contributed by atoms with van der Waals surface area (Å²) in [5.74, 6) is -0.246. The van der Waals surface area contributed by atoms with Gasteiger partial charge < -0.3 is 14.4 Å². The summed E-state index contributed by atoms with van der Waals surface area (Å²) in [5.41, 5.74) is 0.395. The van der Waals surface area contributed by atoms with Gasteiger partial charge >= 0.3 is 12.0 Å². The highest BCUT2D eigenvalue weighted by molar-refractivity contribution is 6.07. The molecule has 0 unspecified atom stereocenters. The molecular formula is C23H32N4O6. The van der Waals surface area contributed by atoms with Crippen molar-refractivity contribution in [1.29, 1.82) is 0 Å². The topological polar surface area (TPSA) is 108 Å². The molecule has 2 aliphatic rings. The highest BCUT2D eigenvalue weighted by Crippen LogP contribution is 2.31. The summed E-state index contributed by atoms with van der Waals surface area (Å²) in [6.07, 6.45) is 0.492. The Kier molecular flexibility index (Phi) is 7.57. The van der Waals surface area contributed by atoms with Crippen LogP contribution in [0.5, 0.6) is 5.75 Å². The Morgan fingerprint density at radius 2 is 1.76 bits per heavy atom. The van der Waals surface area contributed by atoms with Gasteiger partial charge in [0.05, 0.1) is 19.2 Å². The monoisotopic (exact) mass is 460 g/mol. The van der Waals surface area contributed by atoms with Crippen molar-refractivity contribution in [2.45, 2.75) is 39.2 Å². The summed E-state index contributed by atoms with van der Waals surface area (Å²) < 4.78 is 10.7. The molecule has 0 spiro atoms. The van der Waals surface area contributed by atoms with Gasteiger partial charge in [0.2, 0.25) is 5.91 Å². The van der Waals surface area contributed by atoms with E-state index in [4.69, 9.17) is 9.47 Å². The first-order valence-corrected chi connectivity index (χ1v) is 11.1. The average Bonchev–Trinajstić information content (AvgIpc) is 2.76. The van der Waals surface area contributed by atoms with Crippen molar-refractivity contribution >= 4 is 29.5 Å². The molecular weight excluding hydrogens is 428 g/mol. The molecule has 2 saturated heterocycles. The standard InChI is InChI=1S/C23H32N4O6/c1-23(2,3)33-20(29)8-9-25-11-13-26(14-12-25)21(30)16-5-6-18(32-4)17(15-16)27-10-7-19(28)24-22(27)31/h5-6,15H,7-14H2,1-4H3,(H,24,28,31). The summed E-state index contributed by atoms with van der Waals surface area (Å²) in [4.78, 5) is 54.1. The molecule has 0 radical (unpaired) electrons. The van der Waals surface area contributed by atoms with Crippen LogP contribution in [0.15, 0.2) is 18.2 Å². The fourth-order valence-corrected chi connectivity index (χ4v) is 3.83. The number of nitrogens with zero attached hydrogens (tertiary/aromatic N) is 3. The third-order valence-corrected chi connectivity index (χ3v) is 5.48. The van der Waals surface area contributed by atoms with Gasteiger partial charge in [-0.2, -0.15) is 0 Å². The highest BCUT2D eigenvalue weighted by Gasteiger charge is 2.29. The number of benzene rings is 1. The van der Waals surface area contributed by atoms with Gasteiger partial charge in [-0.05, 0) is 39.0 Å². The average molecular weight is 461 g/mol. The number of carbonyl (C=O) groups is 4. The quantitative estimate of drug-likeness (QED) is 0.643. The summed E-state index contributed by atoms with van der Waals surface area (Å²) in [6.45, 7) is 8.73. The molecule has 2 aliphatic heterocycles. The van der Waals surface area contributed by atoms with Crippen molar-refractivity contribution in [3.63, 3.8) is 0 Å². The summed E-state index contributed by atoms with van der Waals surface area (Å²) in [6, 6.07) is 4.43. The molecule has 1 N–H and O–H groups in total. The zero-order valence-corrected chi connectivity index (χ0v) is 19.7. The van der Waals surface area contributed by atoms with Crippen LogP contribution in [0.4, 0.5) is 10.5 Å². The van der Waals surface area contributed by atoms with Crippen molar-refractivity contribution in [3.8, 4) is 5.75 Å². The Balaban J connectivity index is 1.60. The number of urea groups is 1. The maximum atomic E-state index is 13.1. The van der Waals surface area contributed by atoms with Crippen LogP contribution in [0.2, 0.25) is 0 Å². The minimum Gasteiger partial charge on any atom is -0.495 e. The van der Waals surface area contributed by atoms with E-state index in [-0.39, 0.29) is 30.7 Å². The van der Waals surface area contributed by atoms with Crippen LogP contribution in [0.25, 0.3) is 0 Å². The van der Waals surface area contributed by atoms with E-state index < -0.39 is 11.6 Å². The van der Waals surface area contributed by atoms with E-state index in [1.165, 1.54) is 12.0 Å². The Morgan fingerprint density at radius 1 is 1.06 bits per heavy atom. The van der Waals surface area contributed by atoms with E-state index in [0.29, 0.717) is 56.1 Å². The first kappa shape index (κ1) is 24.5. The largest absolute Gasteiger partial charge is 0.495 e. The van der Waals surface area contributed by atoms with Crippen LogP contribution in [-0.4, -0.2) is 85.6 Å². The molecule has 1 aromatic rings. The molecule has 2 fully saturated rings. The van der Waals surface area contributed by atoms with E-state index >= 15 is 0 Å². The number of nitrogens with one attached hydrogen (secondary N) is 1. The second-order valence-corrected chi connectivity index (χ2v) is 9.11. The molecule has 2 heterocycles. The smallest absolute Gasteiger partial charge is 0.328 e. The van der Waals surface area contributed by atoms with Gasteiger partial charge in [-0.3, -0.25) is 29.5 Å². The second kappa shape index (κ2) is 10.2. The Morgan fingerprint density at radius 3 is 2.36 bits per heavy atom. The molecule has 3 rings (SSSR count). The molecule has 10 nitrogen and oxygen atoms in total. The maximum absolute atomic E-state index is 13.1. The summed E-state index contributed by atoms with van der Waals surface area (Å²) in [7, 11) is 1.49. The molecule has 180 valence electrons. The zero-order valence-electron chi connectivity index (χ0n) is 19.7. The van der Waals surface area contributed by atoms with E-state index in [1.54, 1.807) is 23.1 Å². The van der Waals surface area contributed by atoms with Gasteiger partial charge in [0.25, 0.3) is 5.91 Å². The van der Waals surface area contributed by atoms with Crippen molar-refractivity contribution in [1.82, 2.24) is 15.1 Å². The molecule has 0 atom stereocenters. The van der Waals surface area contributed by atoms with Crippen LogP contribution < -0.4 is 15.0 Å². The number of carbonyl (C=O) groups excluding carboxylic acids is 4. The minimum absolute atomic E-state index is 0.140. The number of rotatable bonds is 6. The van der Waals surface area contributed by atoms with E-state index in [2.05, 4.69) is 10.2 Å². The Hall–Kier alpha value is -3.14. The van der Waals surface area contributed by atoms with Crippen LogP contribution in [0, 0.1) is 0 Å². The van der Waals surface area contributed by atoms with E-state index in [1.807, 2.05) is 20.8 Å². The maximum Gasteiger partial charge on any atom is 0.328 e. The van der Waals surface area contributed by atoms with Crippen LogP contribution in [-0.2, 0) is 14.3 Å². The van der Waals surface area contributed by atoms with Crippen molar-refractivity contribution < 1.29 is 28.7 Å². The number of piperazine rings is 1. The van der Waals surface area contributed by atoms with Gasteiger partial charge in [0.1, 0.15) is 11.4 Å². The molecule has 1 aromatic carbocycles. The third kappa shape index (κ3) is 6.44. The van der Waals surface area contributed by atoms with E-state index in [9.17, 15) is 19.2 Å². The molecule has 10 heteroatoms. The number of methoxy groups -OCH3 is 1. The number of imide groups is 1. The lowest BCUT2D eigenvalue weighted by atomic mass is 10.1. The molecule has 4 amide bonds. The van der Waals surface area contributed by atoms with Crippen LogP contribution in [0.3, 0.4) is 0 Å². The number of anilines is 1. The lowest BCUT2D eigenvalue weighted by molar-refractivity contribution is -0.155. The normalized spacial score (nSPS) is 17.6. The highest BCUT2D eigenvalue weighted by atomic mass is 16.6. The Bertz CT molecular complexity index is 918. The van der Waals surface area contributed by atoms with Gasteiger partial charge in [0.15, 0.2) is 0 Å². The fourth-order valence-electron chi connectivity index (χ4n) is 3.83. The first-order chi connectivity index (χ1) is 15.6. The molecule has 0 saturated carbocycles. The van der Waals surface area contributed by atoms with Crippen LogP contribution >= 0.6 is 0 Å². The molecule has 0 aliphatic carbocycles. The van der Waals surface area contributed by atoms with E-state index in [0.717, 1.165) is 0 Å². The predicted molar refractivity (Wildman–Crippen MR) is 121 cm³/mol. The predicted octanol–water partition coefficient (Wildman–Crippen LogP) is 1.63. The number of hydrogen-bond donors (Lipinski definition) is 1. The van der Waals surface area contributed by atoms with Crippen molar-refractivity contribution in [2.75, 3.05) is 51.3 Å². The van der Waals surface area contributed by atoms with Crippen molar-refractivity contribution in [3.05, 3.63) is 23.8 Å². The van der Waals surface area contributed by atoms with Gasteiger partial charge in [-0.25, -0.2) is 4.79 Å². The summed E-state index contributed by atoms with van der Waals surface area (Å²) in [5, 5.41) is 2.29. The zero-order chi connectivity index (χ0) is 24.2. The number of esters is 1. The van der Waals surface area contributed by atoms with Gasteiger partial charge in [-0.15, -0.1) is 0 Å². The molecule has 0 aromatic heterocycles. The molecule has 33 heavy (non-hydrogen) atoms. The lowest BCUT2D eigenvalue weighted by Gasteiger charge is -2.35. The number of hydrogen-bond acceptors (Lipinski definition) is 7. The number of ether oxygens (including phenoxy) is 2. The SMILES string of the molecule is COc1ccc(C(=O)N2CCN(CCC(=O)OC(C)(C)C)CC2)cc1N1CCC(=O)NC1=O.